The molecule has 0 spiro atoms. The van der Waals surface area contributed by atoms with Gasteiger partial charge >= 0.3 is 11.9 Å². The zero-order valence-corrected chi connectivity index (χ0v) is 21.9. The van der Waals surface area contributed by atoms with E-state index in [1.807, 2.05) is 0 Å². The quantitative estimate of drug-likeness (QED) is 0.0515. The molecule has 3 amide bonds. The van der Waals surface area contributed by atoms with Crippen LogP contribution >= 0.6 is 0 Å². The Morgan fingerprint density at radius 1 is 0.900 bits per heavy atom. The average molecular weight is 568 g/mol. The van der Waals surface area contributed by atoms with E-state index in [1.54, 1.807) is 0 Å². The van der Waals surface area contributed by atoms with Crippen LogP contribution < -0.4 is 33.2 Å². The van der Waals surface area contributed by atoms with Gasteiger partial charge in [0.2, 0.25) is 17.7 Å². The molecule has 13 N–H and O–H groups in total. The van der Waals surface area contributed by atoms with Crippen LogP contribution in [0.25, 0.3) is 0 Å². The number of nitrogens with zero attached hydrogens (tertiary/aromatic N) is 1. The van der Waals surface area contributed by atoms with Crippen LogP contribution in [0.3, 0.4) is 0 Å². The van der Waals surface area contributed by atoms with Crippen molar-refractivity contribution in [2.75, 3.05) is 6.54 Å². The minimum Gasteiger partial charge on any atom is -0.508 e. The van der Waals surface area contributed by atoms with Gasteiger partial charge in [0.1, 0.15) is 23.9 Å². The lowest BCUT2D eigenvalue weighted by Gasteiger charge is -2.26. The fraction of sp³-hybridized carbons (Fsp3) is 0.500. The highest BCUT2D eigenvalue weighted by molar-refractivity contribution is 5.94. The Balaban J connectivity index is 3.05. The van der Waals surface area contributed by atoms with Crippen LogP contribution in [-0.2, 0) is 30.4 Å². The Hall–Kier alpha value is -4.44. The highest BCUT2D eigenvalue weighted by atomic mass is 16.4. The molecule has 1 rings (SSSR count). The zero-order valence-electron chi connectivity index (χ0n) is 21.9. The van der Waals surface area contributed by atoms with E-state index < -0.39 is 72.8 Å². The van der Waals surface area contributed by atoms with Crippen LogP contribution in [0, 0.1) is 0 Å². The van der Waals surface area contributed by atoms with Crippen LogP contribution in [0.4, 0.5) is 0 Å². The molecule has 1 aromatic rings. The molecule has 0 aliphatic rings. The molecular formula is C24H37N7O9. The second kappa shape index (κ2) is 16.5. The predicted octanol–water partition coefficient (Wildman–Crippen LogP) is -2.90. The summed E-state index contributed by atoms with van der Waals surface area (Å²) in [7, 11) is 0. The highest BCUT2D eigenvalue weighted by Crippen LogP contribution is 2.12. The number of nitrogens with two attached hydrogens (primary N) is 3. The number of carboxylic acid groups (broad SMARTS) is 2. The van der Waals surface area contributed by atoms with Gasteiger partial charge in [-0.15, -0.1) is 0 Å². The second-order valence-corrected chi connectivity index (χ2v) is 9.05. The number of carbonyl (C=O) groups excluding carboxylic acids is 3. The lowest BCUT2D eigenvalue weighted by Crippen LogP contribution is -2.60. The molecule has 1 aromatic carbocycles. The number of carbonyl (C=O) groups is 5. The first-order chi connectivity index (χ1) is 18.7. The summed E-state index contributed by atoms with van der Waals surface area (Å²) >= 11 is 0. The van der Waals surface area contributed by atoms with E-state index >= 15 is 0 Å². The topological polar surface area (TPSA) is 293 Å². The van der Waals surface area contributed by atoms with Crippen molar-refractivity contribution in [2.24, 2.45) is 22.2 Å². The Kier molecular flexibility index (Phi) is 13.9. The number of amides is 3. The number of hydrogen-bond donors (Lipinski definition) is 10. The molecule has 0 aliphatic heterocycles. The zero-order chi connectivity index (χ0) is 30.4. The van der Waals surface area contributed by atoms with Crippen molar-refractivity contribution in [1.29, 1.82) is 0 Å². The number of phenols is 1. The average Bonchev–Trinajstić information content (AvgIpc) is 2.87. The van der Waals surface area contributed by atoms with Crippen LogP contribution in [0.2, 0.25) is 0 Å². The predicted molar refractivity (Wildman–Crippen MR) is 142 cm³/mol. The summed E-state index contributed by atoms with van der Waals surface area (Å²) in [6.07, 6.45) is -2.01. The molecular weight excluding hydrogens is 530 g/mol. The minimum absolute atomic E-state index is 0.0556. The van der Waals surface area contributed by atoms with Crippen molar-refractivity contribution in [3.05, 3.63) is 29.8 Å². The third kappa shape index (κ3) is 12.4. The van der Waals surface area contributed by atoms with E-state index in [4.69, 9.17) is 22.3 Å². The first-order valence-electron chi connectivity index (χ1n) is 12.3. The highest BCUT2D eigenvalue weighted by Gasteiger charge is 2.32. The molecule has 0 aliphatic carbocycles. The third-order valence-corrected chi connectivity index (χ3v) is 5.64. The van der Waals surface area contributed by atoms with E-state index in [-0.39, 0.29) is 31.1 Å². The van der Waals surface area contributed by atoms with Gasteiger partial charge in [-0.3, -0.25) is 24.2 Å². The third-order valence-electron chi connectivity index (χ3n) is 5.64. The number of aliphatic imine (C=N–C) groups is 1. The van der Waals surface area contributed by atoms with Crippen molar-refractivity contribution < 1.29 is 44.4 Å². The number of guanidine groups is 1. The van der Waals surface area contributed by atoms with Gasteiger partial charge in [-0.1, -0.05) is 12.1 Å². The van der Waals surface area contributed by atoms with Gasteiger partial charge in [0.25, 0.3) is 0 Å². The summed E-state index contributed by atoms with van der Waals surface area (Å²) in [6, 6.07) is 0.0475. The summed E-state index contributed by atoms with van der Waals surface area (Å²) < 4.78 is 0. The molecule has 16 nitrogen and oxygen atoms in total. The number of benzene rings is 1. The Morgan fingerprint density at radius 3 is 2.02 bits per heavy atom. The van der Waals surface area contributed by atoms with Crippen molar-refractivity contribution in [3.63, 3.8) is 0 Å². The van der Waals surface area contributed by atoms with Crippen LogP contribution in [0.5, 0.6) is 5.75 Å². The van der Waals surface area contributed by atoms with Gasteiger partial charge in [-0.25, -0.2) is 4.79 Å². The van der Waals surface area contributed by atoms with E-state index in [0.717, 1.165) is 0 Å². The maximum atomic E-state index is 13.1. The van der Waals surface area contributed by atoms with Gasteiger partial charge < -0.3 is 53.6 Å². The van der Waals surface area contributed by atoms with Crippen molar-refractivity contribution in [1.82, 2.24) is 16.0 Å². The lowest BCUT2D eigenvalue weighted by atomic mass is 10.0. The maximum absolute atomic E-state index is 13.1. The van der Waals surface area contributed by atoms with Crippen molar-refractivity contribution >= 4 is 35.6 Å². The number of carboxylic acids is 2. The van der Waals surface area contributed by atoms with Crippen LogP contribution in [0.15, 0.2) is 29.3 Å². The van der Waals surface area contributed by atoms with E-state index in [2.05, 4.69) is 20.9 Å². The normalized spacial score (nSPS) is 14.5. The molecule has 40 heavy (non-hydrogen) atoms. The molecule has 0 radical (unpaired) electrons. The number of hydrogen-bond acceptors (Lipinski definition) is 9. The standard InChI is InChI=1S/C24H37N7O9/c1-12(32)19(31-20(36)15(25)3-2-10-28-24(26)27)22(38)30-17(11-13-4-6-14(33)7-5-13)21(37)29-16(23(39)40)8-9-18(34)35/h4-7,12,15-17,19,32-33H,2-3,8-11,25H2,1H3,(H,29,37)(H,30,38)(H,31,36)(H,34,35)(H,39,40)(H4,26,27,28). The smallest absolute Gasteiger partial charge is 0.326 e. The maximum Gasteiger partial charge on any atom is 0.326 e. The number of aliphatic hydroxyl groups is 1. The van der Waals surface area contributed by atoms with Crippen molar-refractivity contribution in [2.45, 2.75) is 69.3 Å². The van der Waals surface area contributed by atoms with E-state index in [1.165, 1.54) is 31.2 Å². The first-order valence-corrected chi connectivity index (χ1v) is 12.3. The Bertz CT molecular complexity index is 1060. The van der Waals surface area contributed by atoms with Crippen LogP contribution in [0.1, 0.15) is 38.2 Å². The molecule has 5 atom stereocenters. The molecule has 0 fully saturated rings. The molecule has 0 aromatic heterocycles. The van der Waals surface area contributed by atoms with Crippen molar-refractivity contribution in [3.8, 4) is 5.75 Å². The Labute approximate surface area is 230 Å². The summed E-state index contributed by atoms with van der Waals surface area (Å²) in [5.74, 6) is -5.60. The minimum atomic E-state index is -1.56. The molecule has 0 saturated carbocycles. The van der Waals surface area contributed by atoms with Gasteiger partial charge in [0.15, 0.2) is 5.96 Å². The summed E-state index contributed by atoms with van der Waals surface area (Å²) in [5.41, 5.74) is 16.8. The molecule has 16 heteroatoms. The Morgan fingerprint density at radius 2 is 1.50 bits per heavy atom. The number of aromatic hydroxyl groups is 1. The molecule has 0 bridgehead atoms. The SMILES string of the molecule is CC(O)C(NC(=O)C(N)CCCN=C(N)N)C(=O)NC(Cc1ccc(O)cc1)C(=O)NC(CCC(=O)O)C(=O)O. The monoisotopic (exact) mass is 567 g/mol. The fourth-order valence-corrected chi connectivity index (χ4v) is 3.45. The van der Waals surface area contributed by atoms with Crippen LogP contribution in [-0.4, -0.2) is 92.9 Å². The number of aliphatic carboxylic acids is 2. The van der Waals surface area contributed by atoms with E-state index in [0.29, 0.717) is 12.0 Å². The van der Waals surface area contributed by atoms with Gasteiger partial charge in [-0.2, -0.15) is 0 Å². The number of aliphatic hydroxyl groups excluding tert-OH is 1. The molecule has 222 valence electrons. The first kappa shape index (κ1) is 33.6. The molecule has 5 unspecified atom stereocenters. The number of rotatable bonds is 17. The molecule has 0 heterocycles. The van der Waals surface area contributed by atoms with Gasteiger partial charge in [0, 0.05) is 19.4 Å². The summed E-state index contributed by atoms with van der Waals surface area (Å²) in [6.45, 7) is 1.46. The fourth-order valence-electron chi connectivity index (χ4n) is 3.45. The summed E-state index contributed by atoms with van der Waals surface area (Å²) in [5, 5.41) is 44.9. The summed E-state index contributed by atoms with van der Waals surface area (Å²) in [4.78, 5) is 64.9. The second-order valence-electron chi connectivity index (χ2n) is 9.05. The van der Waals surface area contributed by atoms with Gasteiger partial charge in [-0.05, 0) is 43.9 Å². The van der Waals surface area contributed by atoms with Gasteiger partial charge in [0.05, 0.1) is 12.1 Å². The largest absolute Gasteiger partial charge is 0.508 e. The number of phenolic OH excluding ortho intramolecular Hbond substituents is 1. The molecule has 0 saturated heterocycles. The number of nitrogens with one attached hydrogen (secondary N) is 3. The van der Waals surface area contributed by atoms with E-state index in [9.17, 15) is 39.3 Å². The lowest BCUT2D eigenvalue weighted by molar-refractivity contribution is -0.143.